The van der Waals surface area contributed by atoms with Crippen LogP contribution in [0.4, 0.5) is 0 Å². The largest absolute Gasteiger partial charge is 0.314 e. The Morgan fingerprint density at radius 1 is 0.867 bits per heavy atom. The van der Waals surface area contributed by atoms with E-state index in [4.69, 9.17) is 0 Å². The van der Waals surface area contributed by atoms with Crippen molar-refractivity contribution in [2.75, 3.05) is 0 Å². The molecule has 3 heteroatoms. The predicted octanol–water partition coefficient (Wildman–Crippen LogP) is 2.89. The highest BCUT2D eigenvalue weighted by Crippen LogP contribution is 2.26. The van der Waals surface area contributed by atoms with Crippen molar-refractivity contribution in [2.24, 2.45) is 0 Å². The third kappa shape index (κ3) is 2.39. The summed E-state index contributed by atoms with van der Waals surface area (Å²) in [5.74, 6) is 2.16. The van der Waals surface area contributed by atoms with Crippen molar-refractivity contribution in [2.45, 2.75) is 65.8 Å². The van der Waals surface area contributed by atoms with E-state index in [0.29, 0.717) is 0 Å². The summed E-state index contributed by atoms with van der Waals surface area (Å²) in [6.45, 7) is 16.1. The molecule has 0 aromatic carbocycles. The summed E-state index contributed by atoms with van der Waals surface area (Å²) in [6, 6.07) is 0. The van der Waals surface area contributed by atoms with Gasteiger partial charge in [-0.2, -0.15) is 0 Å². The van der Waals surface area contributed by atoms with E-state index >= 15 is 0 Å². The van der Waals surface area contributed by atoms with E-state index in [1.165, 1.54) is 0 Å². The zero-order valence-corrected chi connectivity index (χ0v) is 11.0. The van der Waals surface area contributed by atoms with Crippen LogP contribution in [0.5, 0.6) is 0 Å². The Morgan fingerprint density at radius 3 is 1.40 bits per heavy atom. The van der Waals surface area contributed by atoms with Crippen LogP contribution in [0.3, 0.4) is 0 Å². The fraction of sp³-hybridized carbons (Fsp3) is 0.833. The molecule has 1 aromatic rings. The first kappa shape index (κ1) is 12.2. The maximum atomic E-state index is 4.34. The first-order valence-electron chi connectivity index (χ1n) is 5.62. The van der Waals surface area contributed by atoms with Gasteiger partial charge in [0.2, 0.25) is 0 Å². The second-order valence-electron chi connectivity index (χ2n) is 6.09. The topological polar surface area (TPSA) is 30.7 Å². The molecule has 0 aliphatic rings. The smallest absolute Gasteiger partial charge is 0.138 e. The normalized spacial score (nSPS) is 13.3. The summed E-state index contributed by atoms with van der Waals surface area (Å²) in [4.78, 5) is 0. The molecule has 3 nitrogen and oxygen atoms in total. The van der Waals surface area contributed by atoms with Gasteiger partial charge in [-0.15, -0.1) is 10.2 Å². The van der Waals surface area contributed by atoms with Crippen LogP contribution >= 0.6 is 0 Å². The molecule has 0 aliphatic carbocycles. The van der Waals surface area contributed by atoms with Gasteiger partial charge in [0, 0.05) is 17.4 Å². The summed E-state index contributed by atoms with van der Waals surface area (Å²) < 4.78 is 2.24. The lowest BCUT2D eigenvalue weighted by molar-refractivity contribution is 0.465. The molecule has 1 heterocycles. The van der Waals surface area contributed by atoms with Crippen molar-refractivity contribution < 1.29 is 0 Å². The van der Waals surface area contributed by atoms with Gasteiger partial charge in [-0.05, 0) is 6.92 Å². The fourth-order valence-electron chi connectivity index (χ4n) is 1.71. The highest BCUT2D eigenvalue weighted by atomic mass is 15.3. The minimum absolute atomic E-state index is 0.0620. The molecule has 86 valence electrons. The van der Waals surface area contributed by atoms with Gasteiger partial charge in [0.25, 0.3) is 0 Å². The van der Waals surface area contributed by atoms with Crippen LogP contribution in [0.2, 0.25) is 0 Å². The van der Waals surface area contributed by atoms with E-state index in [1.54, 1.807) is 0 Å². The van der Waals surface area contributed by atoms with Gasteiger partial charge < -0.3 is 4.57 Å². The molecule has 0 amide bonds. The average Bonchev–Trinajstić information content (AvgIpc) is 2.43. The zero-order valence-electron chi connectivity index (χ0n) is 11.0. The van der Waals surface area contributed by atoms with Gasteiger partial charge in [0.1, 0.15) is 11.6 Å². The quantitative estimate of drug-likeness (QED) is 0.712. The molecule has 0 radical (unpaired) electrons. The Kier molecular flexibility index (Phi) is 2.94. The van der Waals surface area contributed by atoms with E-state index in [0.717, 1.165) is 18.2 Å². The first-order valence-corrected chi connectivity index (χ1v) is 5.62. The average molecular weight is 209 g/mol. The van der Waals surface area contributed by atoms with E-state index in [1.807, 2.05) is 0 Å². The van der Waals surface area contributed by atoms with E-state index in [-0.39, 0.29) is 10.8 Å². The standard InChI is InChI=1S/C12H23N3/c1-8-15-9(11(2,3)4)13-14-10(15)12(5,6)7/h8H2,1-7H3. The van der Waals surface area contributed by atoms with Gasteiger partial charge in [-0.25, -0.2) is 0 Å². The Bertz CT molecular complexity index is 305. The molecule has 0 bridgehead atoms. The highest BCUT2D eigenvalue weighted by Gasteiger charge is 2.28. The zero-order chi connectivity index (χ0) is 11.9. The van der Waals surface area contributed by atoms with E-state index in [9.17, 15) is 0 Å². The number of rotatable bonds is 1. The lowest BCUT2D eigenvalue weighted by Crippen LogP contribution is -2.23. The van der Waals surface area contributed by atoms with E-state index in [2.05, 4.69) is 63.2 Å². The molecule has 15 heavy (non-hydrogen) atoms. The van der Waals surface area contributed by atoms with Crippen molar-refractivity contribution in [3.05, 3.63) is 11.6 Å². The van der Waals surface area contributed by atoms with Crippen LogP contribution in [-0.2, 0) is 17.4 Å². The van der Waals surface area contributed by atoms with Gasteiger partial charge in [0.15, 0.2) is 0 Å². The summed E-state index contributed by atoms with van der Waals surface area (Å²) in [5, 5.41) is 8.68. The van der Waals surface area contributed by atoms with Gasteiger partial charge >= 0.3 is 0 Å². The molecular weight excluding hydrogens is 186 g/mol. The van der Waals surface area contributed by atoms with Crippen LogP contribution in [0.1, 0.15) is 60.1 Å². The molecule has 0 fully saturated rings. The van der Waals surface area contributed by atoms with Crippen molar-refractivity contribution in [3.63, 3.8) is 0 Å². The first-order chi connectivity index (χ1) is 6.68. The van der Waals surface area contributed by atoms with Crippen LogP contribution in [-0.4, -0.2) is 14.8 Å². The summed E-state index contributed by atoms with van der Waals surface area (Å²) in [6.07, 6.45) is 0. The number of nitrogens with zero attached hydrogens (tertiary/aromatic N) is 3. The molecular formula is C12H23N3. The third-order valence-electron chi connectivity index (χ3n) is 2.41. The molecule has 0 aliphatic heterocycles. The second-order valence-corrected chi connectivity index (χ2v) is 6.09. The number of hydrogen-bond acceptors (Lipinski definition) is 2. The molecule has 0 atom stereocenters. The predicted molar refractivity (Wildman–Crippen MR) is 63.1 cm³/mol. The minimum atomic E-state index is 0.0620. The number of aromatic nitrogens is 3. The van der Waals surface area contributed by atoms with Crippen molar-refractivity contribution >= 4 is 0 Å². The summed E-state index contributed by atoms with van der Waals surface area (Å²) in [5.41, 5.74) is 0.124. The molecule has 0 saturated carbocycles. The van der Waals surface area contributed by atoms with Crippen LogP contribution in [0.15, 0.2) is 0 Å². The Hall–Kier alpha value is -0.860. The van der Waals surface area contributed by atoms with Gasteiger partial charge in [0.05, 0.1) is 0 Å². The van der Waals surface area contributed by atoms with Crippen molar-refractivity contribution in [3.8, 4) is 0 Å². The molecule has 0 N–H and O–H groups in total. The maximum absolute atomic E-state index is 4.34. The van der Waals surface area contributed by atoms with Crippen LogP contribution < -0.4 is 0 Å². The lowest BCUT2D eigenvalue weighted by Gasteiger charge is -2.23. The SMILES string of the molecule is CCn1c(C(C)(C)C)nnc1C(C)(C)C. The molecule has 0 spiro atoms. The Labute approximate surface area is 92.9 Å². The molecule has 0 saturated heterocycles. The monoisotopic (exact) mass is 209 g/mol. The molecule has 1 rings (SSSR count). The second kappa shape index (κ2) is 3.62. The maximum Gasteiger partial charge on any atom is 0.138 e. The Balaban J connectivity index is 3.30. The van der Waals surface area contributed by atoms with E-state index < -0.39 is 0 Å². The van der Waals surface area contributed by atoms with Crippen LogP contribution in [0, 0.1) is 0 Å². The van der Waals surface area contributed by atoms with Gasteiger partial charge in [-0.3, -0.25) is 0 Å². The summed E-state index contributed by atoms with van der Waals surface area (Å²) >= 11 is 0. The molecule has 1 aromatic heterocycles. The minimum Gasteiger partial charge on any atom is -0.314 e. The Morgan fingerprint density at radius 2 is 1.20 bits per heavy atom. The highest BCUT2D eigenvalue weighted by molar-refractivity contribution is 5.11. The van der Waals surface area contributed by atoms with Crippen molar-refractivity contribution in [1.82, 2.24) is 14.8 Å². The number of hydrogen-bond donors (Lipinski definition) is 0. The lowest BCUT2D eigenvalue weighted by atomic mass is 9.93. The molecule has 0 unspecified atom stereocenters. The third-order valence-corrected chi connectivity index (χ3v) is 2.41. The van der Waals surface area contributed by atoms with Crippen molar-refractivity contribution in [1.29, 1.82) is 0 Å². The van der Waals surface area contributed by atoms with Crippen LogP contribution in [0.25, 0.3) is 0 Å². The van der Waals surface area contributed by atoms with Gasteiger partial charge in [-0.1, -0.05) is 41.5 Å². The summed E-state index contributed by atoms with van der Waals surface area (Å²) in [7, 11) is 0. The fourth-order valence-corrected chi connectivity index (χ4v) is 1.71.